The predicted octanol–water partition coefficient (Wildman–Crippen LogP) is -2.26. The Bertz CT molecular complexity index is 2930. The van der Waals surface area contributed by atoms with E-state index < -0.39 is 85.7 Å². The van der Waals surface area contributed by atoms with E-state index >= 15 is 8.78 Å². The standard InChI is InChI=1S/C46H51F3N2O11S3.3Na/c1-45(2)34-27-32(64(57,58)59)16-18-38(34)50(22-7-5-6-13-42(52)53)40(45)20-14-29-11-10-12-30(43(29)44-36(48)25-31(47)26-37(44)49)15-21-41-46(3,4)35-28-33(65(60,61)62)17-19-39(35)51(41)23-8-9-24-63(54,55)56;;;/h14-21,25-28H,5-13,22-24H2,1-4H3,(H3-,52,53,54,55,56,57,58,59,60,61,62);;;/q;3*+1/p-3. The second kappa shape index (κ2) is 23.7. The van der Waals surface area contributed by atoms with E-state index in [0.29, 0.717) is 102 Å². The van der Waals surface area contributed by atoms with Crippen molar-refractivity contribution in [1.82, 2.24) is 0 Å². The van der Waals surface area contributed by atoms with Crippen LogP contribution in [0, 0.1) is 17.5 Å². The quantitative estimate of drug-likeness (QED) is 0.0606. The van der Waals surface area contributed by atoms with Gasteiger partial charge in [-0.15, -0.1) is 0 Å². The van der Waals surface area contributed by atoms with Crippen molar-refractivity contribution in [3.05, 3.63) is 124 Å². The van der Waals surface area contributed by atoms with Crippen LogP contribution in [0.5, 0.6) is 0 Å². The Morgan fingerprint density at radius 2 is 1.34 bits per heavy atom. The molecule has 3 aromatic rings. The molecular formula is C46H48F3N2Na3O11S3. The number of rotatable bonds is 17. The number of allylic oxidation sites excluding steroid dienone is 8. The Hall–Kier alpha value is -1.92. The minimum Gasteiger partial charge on any atom is -0.748 e. The average molecular weight is 1030 g/mol. The van der Waals surface area contributed by atoms with Gasteiger partial charge in [0.1, 0.15) is 44.2 Å². The molecule has 350 valence electrons. The maximum Gasteiger partial charge on any atom is 1.00 e. The van der Waals surface area contributed by atoms with Gasteiger partial charge in [-0.25, -0.2) is 38.4 Å². The van der Waals surface area contributed by atoms with Crippen LogP contribution in [0.4, 0.5) is 24.5 Å². The maximum atomic E-state index is 16.0. The number of carbonyl (C=O) groups is 1. The summed E-state index contributed by atoms with van der Waals surface area (Å²) in [7, 11) is -14.2. The number of nitrogens with zero attached hydrogens (tertiary/aromatic N) is 2. The molecule has 2 heterocycles. The molecular weight excluding hydrogens is 979 g/mol. The predicted molar refractivity (Wildman–Crippen MR) is 232 cm³/mol. The molecule has 0 radical (unpaired) electrons. The molecule has 13 nitrogen and oxygen atoms in total. The van der Waals surface area contributed by atoms with E-state index in [1.165, 1.54) is 36.4 Å². The summed E-state index contributed by atoms with van der Waals surface area (Å²) in [5.41, 5.74) is 2.01. The van der Waals surface area contributed by atoms with Crippen LogP contribution < -0.4 is 98.7 Å². The van der Waals surface area contributed by atoms with Crippen molar-refractivity contribution >= 4 is 59.0 Å². The van der Waals surface area contributed by atoms with Crippen LogP contribution >= 0.6 is 0 Å². The Kier molecular flexibility index (Phi) is 21.1. The zero-order chi connectivity index (χ0) is 47.9. The van der Waals surface area contributed by atoms with Crippen LogP contribution in [0.1, 0.15) is 102 Å². The second-order valence-corrected chi connectivity index (χ2v) is 21.7. The van der Waals surface area contributed by atoms with Gasteiger partial charge in [0.15, 0.2) is 5.71 Å². The molecule has 0 aromatic heterocycles. The fourth-order valence-corrected chi connectivity index (χ4v) is 10.6. The SMILES string of the molecule is CC1(C)C(/C=C/C2=C(c3c(F)cc(F)cc3F)C(=C/C=C3/N(CCCCS(=O)(=O)[O-])c4ccc(S(=O)(=O)[O-])cc4C3(C)C)/CCC2)=[N+](CCCCCC(=O)[O-])c2ccc(S(=O)(=O)[O-])cc21.[Na+].[Na+].[Na+]. The van der Waals surface area contributed by atoms with Gasteiger partial charge in [-0.3, -0.25) is 0 Å². The Balaban J connectivity index is 0.00000408. The molecule has 3 aromatic carbocycles. The third-order valence-corrected chi connectivity index (χ3v) is 14.7. The van der Waals surface area contributed by atoms with Gasteiger partial charge in [-0.05, 0) is 124 Å². The van der Waals surface area contributed by atoms with Crippen molar-refractivity contribution in [3.8, 4) is 0 Å². The van der Waals surface area contributed by atoms with Gasteiger partial charge in [0.2, 0.25) is 5.69 Å². The smallest absolute Gasteiger partial charge is 0.748 e. The monoisotopic (exact) mass is 1030 g/mol. The molecule has 0 atom stereocenters. The first-order valence-electron chi connectivity index (χ1n) is 21.0. The van der Waals surface area contributed by atoms with Crippen LogP contribution in [-0.4, -0.2) is 74.0 Å². The summed E-state index contributed by atoms with van der Waals surface area (Å²) in [6, 6.07) is 9.14. The van der Waals surface area contributed by atoms with Crippen molar-refractivity contribution < 1.29 is 155 Å². The van der Waals surface area contributed by atoms with Crippen molar-refractivity contribution in [3.63, 3.8) is 0 Å². The molecule has 1 aliphatic carbocycles. The summed E-state index contributed by atoms with van der Waals surface area (Å²) in [6.07, 6.45) is 9.45. The van der Waals surface area contributed by atoms with Crippen molar-refractivity contribution in [2.24, 2.45) is 0 Å². The minimum atomic E-state index is -4.86. The molecule has 0 saturated heterocycles. The van der Waals surface area contributed by atoms with E-state index in [9.17, 15) is 53.2 Å². The number of carboxylic acid groups (broad SMARTS) is 1. The number of carboxylic acids is 1. The van der Waals surface area contributed by atoms with Gasteiger partial charge in [0.05, 0.1) is 30.9 Å². The van der Waals surface area contributed by atoms with Gasteiger partial charge in [-0.1, -0.05) is 26.0 Å². The summed E-state index contributed by atoms with van der Waals surface area (Å²) in [6.45, 7) is 7.77. The van der Waals surface area contributed by atoms with Gasteiger partial charge in [0, 0.05) is 71.3 Å². The number of unbranched alkanes of at least 4 members (excludes halogenated alkanes) is 3. The zero-order valence-corrected chi connectivity index (χ0v) is 47.6. The van der Waals surface area contributed by atoms with Crippen molar-refractivity contribution in [1.29, 1.82) is 0 Å². The first-order chi connectivity index (χ1) is 30.2. The summed E-state index contributed by atoms with van der Waals surface area (Å²) >= 11 is 0. The molecule has 0 amide bonds. The topological polar surface area (TPSA) is 218 Å². The van der Waals surface area contributed by atoms with Gasteiger partial charge in [-0.2, -0.15) is 4.58 Å². The summed E-state index contributed by atoms with van der Waals surface area (Å²) in [4.78, 5) is 12.0. The number of fused-ring (bicyclic) bond motifs is 2. The average Bonchev–Trinajstić information content (AvgIpc) is 3.53. The number of halogens is 3. The number of carbonyl (C=O) groups excluding carboxylic acids is 1. The molecule has 2 aliphatic heterocycles. The normalized spacial score (nSPS) is 17.8. The van der Waals surface area contributed by atoms with Crippen LogP contribution in [-0.2, 0) is 46.0 Å². The van der Waals surface area contributed by atoms with Gasteiger partial charge in [0.25, 0.3) is 0 Å². The fraction of sp³-hybridized carbons (Fsp3) is 0.391. The molecule has 0 fully saturated rings. The molecule has 0 bridgehead atoms. The fourth-order valence-electron chi connectivity index (χ4n) is 9.09. The Morgan fingerprint density at radius 3 is 1.93 bits per heavy atom. The van der Waals surface area contributed by atoms with Crippen LogP contribution in [0.25, 0.3) is 5.57 Å². The third-order valence-electron chi connectivity index (χ3n) is 12.3. The largest absolute Gasteiger partial charge is 1.00 e. The van der Waals surface area contributed by atoms with E-state index in [1.807, 2.05) is 23.3 Å². The minimum absolute atomic E-state index is 0. The molecule has 68 heavy (non-hydrogen) atoms. The molecule has 22 heteroatoms. The zero-order valence-electron chi connectivity index (χ0n) is 39.2. The van der Waals surface area contributed by atoms with Gasteiger partial charge >= 0.3 is 88.7 Å². The summed E-state index contributed by atoms with van der Waals surface area (Å²) in [5, 5.41) is 11.1. The second-order valence-electron chi connectivity index (χ2n) is 17.4. The van der Waals surface area contributed by atoms with E-state index in [2.05, 4.69) is 0 Å². The molecule has 3 aliphatic rings. The summed E-state index contributed by atoms with van der Waals surface area (Å²) in [5.74, 6) is -5.25. The number of aliphatic carboxylic acids is 1. The van der Waals surface area contributed by atoms with Crippen molar-refractivity contribution in [2.45, 2.75) is 106 Å². The van der Waals surface area contributed by atoms with Gasteiger partial charge < -0.3 is 28.5 Å². The van der Waals surface area contributed by atoms with Crippen LogP contribution in [0.15, 0.2) is 99.5 Å². The van der Waals surface area contributed by atoms with Crippen LogP contribution in [0.3, 0.4) is 0 Å². The first-order valence-corrected chi connectivity index (χ1v) is 25.4. The van der Waals surface area contributed by atoms with Crippen LogP contribution in [0.2, 0.25) is 0 Å². The molecule has 0 saturated carbocycles. The number of benzene rings is 3. The third kappa shape index (κ3) is 13.8. The summed E-state index contributed by atoms with van der Waals surface area (Å²) < 4.78 is 155. The molecule has 6 rings (SSSR count). The number of hydrogen-bond acceptors (Lipinski definition) is 12. The van der Waals surface area contributed by atoms with E-state index in [-0.39, 0.29) is 120 Å². The van der Waals surface area contributed by atoms with E-state index in [0.717, 1.165) is 0 Å². The number of hydrogen-bond donors (Lipinski definition) is 0. The maximum absolute atomic E-state index is 16.0. The Morgan fingerprint density at radius 1 is 0.735 bits per heavy atom. The molecule has 0 spiro atoms. The molecule has 0 N–H and O–H groups in total. The molecule has 0 unspecified atom stereocenters. The van der Waals surface area contributed by atoms with E-state index in [4.69, 9.17) is 0 Å². The van der Waals surface area contributed by atoms with E-state index in [1.54, 1.807) is 38.2 Å². The first kappa shape index (κ1) is 60.4. The number of anilines is 1. The Labute approximate surface area is 462 Å². The van der Waals surface area contributed by atoms with Crippen molar-refractivity contribution in [2.75, 3.05) is 23.7 Å².